The highest BCUT2D eigenvalue weighted by Crippen LogP contribution is 2.38. The molecule has 1 aromatic rings. The number of ether oxygens (including phenoxy) is 1. The van der Waals surface area contributed by atoms with Gasteiger partial charge < -0.3 is 14.8 Å². The number of aromatic nitrogens is 2. The molecule has 0 atom stereocenters. The van der Waals surface area contributed by atoms with E-state index in [2.05, 4.69) is 9.97 Å². The molecule has 5 heteroatoms. The van der Waals surface area contributed by atoms with Crippen LogP contribution in [-0.4, -0.2) is 21.7 Å². The third-order valence-electron chi connectivity index (χ3n) is 3.24. The van der Waals surface area contributed by atoms with Crippen molar-refractivity contribution in [3.05, 3.63) is 22.2 Å². The Bertz CT molecular complexity index is 430. The molecule has 0 saturated heterocycles. The molecule has 1 aliphatic carbocycles. The van der Waals surface area contributed by atoms with Crippen LogP contribution in [0.5, 0.6) is 5.88 Å². The van der Waals surface area contributed by atoms with Gasteiger partial charge in [-0.1, -0.05) is 19.3 Å². The maximum absolute atomic E-state index is 11.4. The topological polar surface area (TPSA) is 75.2 Å². The van der Waals surface area contributed by atoms with Crippen LogP contribution in [0.25, 0.3) is 0 Å². The first-order valence-electron chi connectivity index (χ1n) is 6.11. The molecule has 1 aromatic heterocycles. The van der Waals surface area contributed by atoms with Crippen molar-refractivity contribution < 1.29 is 9.84 Å². The van der Waals surface area contributed by atoms with E-state index in [-0.39, 0.29) is 11.4 Å². The SMILES string of the molecule is CCOC1(c2nc(O)cc(=O)[nH]2)CCCCC1. The van der Waals surface area contributed by atoms with Gasteiger partial charge in [0.25, 0.3) is 5.56 Å². The molecule has 0 unspecified atom stereocenters. The van der Waals surface area contributed by atoms with E-state index in [0.717, 1.165) is 31.7 Å². The summed E-state index contributed by atoms with van der Waals surface area (Å²) >= 11 is 0. The molecule has 0 radical (unpaired) electrons. The molecule has 17 heavy (non-hydrogen) atoms. The van der Waals surface area contributed by atoms with Crippen molar-refractivity contribution in [2.24, 2.45) is 0 Å². The normalized spacial score (nSPS) is 19.1. The van der Waals surface area contributed by atoms with Gasteiger partial charge >= 0.3 is 0 Å². The molecule has 1 fully saturated rings. The quantitative estimate of drug-likeness (QED) is 0.840. The molecule has 1 saturated carbocycles. The number of hydrogen-bond acceptors (Lipinski definition) is 4. The minimum Gasteiger partial charge on any atom is -0.493 e. The van der Waals surface area contributed by atoms with Crippen molar-refractivity contribution in [2.75, 3.05) is 6.61 Å². The Labute approximate surface area is 99.9 Å². The fraction of sp³-hybridized carbons (Fsp3) is 0.667. The molecule has 0 aliphatic heterocycles. The second kappa shape index (κ2) is 4.87. The largest absolute Gasteiger partial charge is 0.493 e. The Morgan fingerprint density at radius 2 is 2.18 bits per heavy atom. The lowest BCUT2D eigenvalue weighted by Gasteiger charge is -2.35. The van der Waals surface area contributed by atoms with Crippen LogP contribution in [0.1, 0.15) is 44.9 Å². The molecular formula is C12H18N2O3. The fourth-order valence-corrected chi connectivity index (χ4v) is 2.51. The van der Waals surface area contributed by atoms with Crippen LogP contribution in [0.3, 0.4) is 0 Å². The van der Waals surface area contributed by atoms with E-state index in [0.29, 0.717) is 12.4 Å². The van der Waals surface area contributed by atoms with Gasteiger partial charge in [-0.05, 0) is 19.8 Å². The van der Waals surface area contributed by atoms with Crippen LogP contribution in [0, 0.1) is 0 Å². The van der Waals surface area contributed by atoms with Gasteiger partial charge in [0.15, 0.2) is 0 Å². The molecule has 5 nitrogen and oxygen atoms in total. The van der Waals surface area contributed by atoms with Crippen molar-refractivity contribution in [1.82, 2.24) is 9.97 Å². The van der Waals surface area contributed by atoms with Crippen LogP contribution in [0.15, 0.2) is 10.9 Å². The Balaban J connectivity index is 2.40. The van der Waals surface area contributed by atoms with Crippen LogP contribution in [0.4, 0.5) is 0 Å². The van der Waals surface area contributed by atoms with Gasteiger partial charge in [0.2, 0.25) is 5.88 Å². The van der Waals surface area contributed by atoms with Gasteiger partial charge in [0.05, 0.1) is 6.07 Å². The molecule has 0 aromatic carbocycles. The lowest BCUT2D eigenvalue weighted by atomic mass is 9.84. The van der Waals surface area contributed by atoms with Gasteiger partial charge in [-0.15, -0.1) is 0 Å². The van der Waals surface area contributed by atoms with Gasteiger partial charge in [-0.25, -0.2) is 0 Å². The molecule has 0 amide bonds. The van der Waals surface area contributed by atoms with Crippen molar-refractivity contribution >= 4 is 0 Å². The van der Waals surface area contributed by atoms with E-state index < -0.39 is 5.60 Å². The molecule has 0 spiro atoms. The predicted octanol–water partition coefficient (Wildman–Crippen LogP) is 1.67. The minimum atomic E-state index is -0.523. The van der Waals surface area contributed by atoms with Crippen LogP contribution >= 0.6 is 0 Å². The summed E-state index contributed by atoms with van der Waals surface area (Å²) in [5.74, 6) is 0.220. The third-order valence-corrected chi connectivity index (χ3v) is 3.24. The van der Waals surface area contributed by atoms with Crippen LogP contribution in [0.2, 0.25) is 0 Å². The Hall–Kier alpha value is -1.36. The van der Waals surface area contributed by atoms with Gasteiger partial charge in [0.1, 0.15) is 11.4 Å². The first-order chi connectivity index (χ1) is 8.16. The Morgan fingerprint density at radius 1 is 1.47 bits per heavy atom. The molecule has 2 N–H and O–H groups in total. The predicted molar refractivity (Wildman–Crippen MR) is 62.9 cm³/mol. The first-order valence-corrected chi connectivity index (χ1v) is 6.11. The summed E-state index contributed by atoms with van der Waals surface area (Å²) in [6, 6.07) is 1.08. The second-order valence-corrected chi connectivity index (χ2v) is 4.44. The second-order valence-electron chi connectivity index (χ2n) is 4.44. The summed E-state index contributed by atoms with van der Waals surface area (Å²) in [7, 11) is 0. The summed E-state index contributed by atoms with van der Waals surface area (Å²) in [4.78, 5) is 18.1. The summed E-state index contributed by atoms with van der Waals surface area (Å²) in [6.45, 7) is 2.50. The maximum atomic E-state index is 11.4. The van der Waals surface area contributed by atoms with Crippen molar-refractivity contribution in [3.63, 3.8) is 0 Å². The average Bonchev–Trinajstić information content (AvgIpc) is 2.29. The van der Waals surface area contributed by atoms with Gasteiger partial charge in [-0.3, -0.25) is 4.79 Å². The summed E-state index contributed by atoms with van der Waals surface area (Å²) < 4.78 is 5.82. The molecule has 0 bridgehead atoms. The fourth-order valence-electron chi connectivity index (χ4n) is 2.51. The zero-order valence-electron chi connectivity index (χ0n) is 10.0. The monoisotopic (exact) mass is 238 g/mol. The van der Waals surface area contributed by atoms with E-state index in [9.17, 15) is 9.90 Å². The van der Waals surface area contributed by atoms with Crippen molar-refractivity contribution in [3.8, 4) is 5.88 Å². The number of H-pyrrole nitrogens is 1. The standard InChI is InChI=1S/C12H18N2O3/c1-2-17-12(6-4-3-5-7-12)11-13-9(15)8-10(16)14-11/h8H,2-7H2,1H3,(H2,13,14,15,16). The molecular weight excluding hydrogens is 220 g/mol. The zero-order chi connectivity index (χ0) is 12.3. The maximum Gasteiger partial charge on any atom is 0.254 e. The van der Waals surface area contributed by atoms with Crippen LogP contribution < -0.4 is 5.56 Å². The van der Waals surface area contributed by atoms with Gasteiger partial charge in [0, 0.05) is 6.61 Å². The zero-order valence-corrected chi connectivity index (χ0v) is 10.0. The Morgan fingerprint density at radius 3 is 2.76 bits per heavy atom. The lowest BCUT2D eigenvalue weighted by molar-refractivity contribution is -0.0771. The molecule has 1 heterocycles. The molecule has 1 aliphatic rings. The summed E-state index contributed by atoms with van der Waals surface area (Å²) in [6.07, 6.45) is 4.97. The van der Waals surface area contributed by atoms with E-state index in [1.54, 1.807) is 0 Å². The Kier molecular flexibility index (Phi) is 3.47. The number of nitrogens with one attached hydrogen (secondary N) is 1. The van der Waals surface area contributed by atoms with Crippen LogP contribution in [-0.2, 0) is 10.3 Å². The van der Waals surface area contributed by atoms with E-state index in [1.165, 1.54) is 6.42 Å². The minimum absolute atomic E-state index is 0.242. The highest BCUT2D eigenvalue weighted by molar-refractivity contribution is 5.12. The smallest absolute Gasteiger partial charge is 0.254 e. The summed E-state index contributed by atoms with van der Waals surface area (Å²) in [5, 5.41) is 9.42. The van der Waals surface area contributed by atoms with Gasteiger partial charge in [-0.2, -0.15) is 4.98 Å². The average molecular weight is 238 g/mol. The van der Waals surface area contributed by atoms with E-state index in [4.69, 9.17) is 4.74 Å². The van der Waals surface area contributed by atoms with E-state index in [1.807, 2.05) is 6.92 Å². The third kappa shape index (κ3) is 2.49. The van der Waals surface area contributed by atoms with E-state index >= 15 is 0 Å². The van der Waals surface area contributed by atoms with Crippen molar-refractivity contribution in [2.45, 2.75) is 44.6 Å². The number of rotatable bonds is 3. The summed E-state index contributed by atoms with van der Waals surface area (Å²) in [5.41, 5.74) is -0.859. The lowest BCUT2D eigenvalue weighted by Crippen LogP contribution is -2.36. The highest BCUT2D eigenvalue weighted by atomic mass is 16.5. The molecule has 94 valence electrons. The first kappa shape index (κ1) is 12.1. The highest BCUT2D eigenvalue weighted by Gasteiger charge is 2.37. The number of aromatic amines is 1. The molecule has 2 rings (SSSR count). The number of nitrogens with zero attached hydrogens (tertiary/aromatic N) is 1. The number of aromatic hydroxyl groups is 1. The van der Waals surface area contributed by atoms with Crippen molar-refractivity contribution in [1.29, 1.82) is 0 Å². The number of hydrogen-bond donors (Lipinski definition) is 2.